The number of quaternary nitrogens is 1. The number of nitrogens with zero attached hydrogens (tertiary/aromatic N) is 1. The maximum absolute atomic E-state index is 11.0. The normalized spacial score (nSPS) is 11.1. The van der Waals surface area contributed by atoms with Crippen LogP contribution >= 0.6 is 0 Å². The predicted molar refractivity (Wildman–Crippen MR) is 61.5 cm³/mol. The molecule has 0 saturated heterocycles. The summed E-state index contributed by atoms with van der Waals surface area (Å²) in [7, 11) is 2.12. The van der Waals surface area contributed by atoms with Crippen LogP contribution in [0.5, 0.6) is 0 Å². The Morgan fingerprint density at radius 2 is 1.69 bits per heavy atom. The van der Waals surface area contributed by atoms with Crippen LogP contribution < -0.4 is 5.32 Å². The third-order valence-corrected chi connectivity index (χ3v) is 1.10. The van der Waals surface area contributed by atoms with E-state index in [1.54, 1.807) is 6.92 Å². The van der Waals surface area contributed by atoms with Gasteiger partial charge in [0.15, 0.2) is 6.67 Å². The zero-order valence-electron chi connectivity index (χ0n) is 10.4. The molecule has 0 heterocycles. The van der Waals surface area contributed by atoms with Crippen molar-refractivity contribution in [3.8, 4) is 0 Å². The molecular formula is C9H20N2O4S. The Morgan fingerprint density at radius 1 is 1.38 bits per heavy atom. The highest BCUT2D eigenvalue weighted by molar-refractivity contribution is 7.84. The minimum Gasteiger partial charge on any atom is -0.748 e. The van der Waals surface area contributed by atoms with E-state index in [-0.39, 0.29) is 5.91 Å². The van der Waals surface area contributed by atoms with Crippen LogP contribution in [0.25, 0.3) is 0 Å². The smallest absolute Gasteiger partial charge is 0.250 e. The Labute approximate surface area is 97.3 Å². The predicted octanol–water partition coefficient (Wildman–Crippen LogP) is -0.496. The number of nitrogens with one attached hydrogen (secondary N) is 1. The zero-order chi connectivity index (χ0) is 13.6. The molecule has 1 amide bonds. The van der Waals surface area contributed by atoms with Gasteiger partial charge in [0, 0.05) is 11.8 Å². The molecule has 1 N–H and O–H groups in total. The average molecular weight is 252 g/mol. The van der Waals surface area contributed by atoms with Gasteiger partial charge in [-0.15, -0.1) is 0 Å². The first kappa shape index (κ1) is 17.5. The van der Waals surface area contributed by atoms with Crippen molar-refractivity contribution >= 4 is 16.0 Å². The average Bonchev–Trinajstić information content (AvgIpc) is 1.95. The second-order valence-corrected chi connectivity index (χ2v) is 5.85. The fourth-order valence-electron chi connectivity index (χ4n) is 0.460. The van der Waals surface area contributed by atoms with Crippen LogP contribution in [0.15, 0.2) is 12.2 Å². The second kappa shape index (κ2) is 6.62. The van der Waals surface area contributed by atoms with Gasteiger partial charge in [0.25, 0.3) is 5.91 Å². The molecule has 0 aromatic rings. The van der Waals surface area contributed by atoms with Gasteiger partial charge in [-0.1, -0.05) is 6.58 Å². The molecule has 0 aliphatic heterocycles. The SMILES string of the molecule is C=C(C)C(=O)NC[N+](C)(C)C.CS(=O)(=O)[O-]. The van der Waals surface area contributed by atoms with Gasteiger partial charge >= 0.3 is 0 Å². The molecule has 0 rings (SSSR count). The fourth-order valence-corrected chi connectivity index (χ4v) is 0.460. The van der Waals surface area contributed by atoms with E-state index in [0.717, 1.165) is 4.48 Å². The minimum absolute atomic E-state index is 0.0712. The van der Waals surface area contributed by atoms with Crippen molar-refractivity contribution in [1.29, 1.82) is 0 Å². The number of carbonyl (C=O) groups is 1. The van der Waals surface area contributed by atoms with Gasteiger partial charge in [-0.2, -0.15) is 0 Å². The molecule has 7 heteroatoms. The number of rotatable bonds is 3. The van der Waals surface area contributed by atoms with Crippen molar-refractivity contribution in [2.24, 2.45) is 0 Å². The molecule has 0 unspecified atom stereocenters. The molecule has 0 fully saturated rings. The summed E-state index contributed by atoms with van der Waals surface area (Å²) in [6.45, 7) is 5.87. The van der Waals surface area contributed by atoms with E-state index in [2.05, 4.69) is 11.9 Å². The highest BCUT2D eigenvalue weighted by Gasteiger charge is 2.08. The van der Waals surface area contributed by atoms with E-state index >= 15 is 0 Å². The third-order valence-electron chi connectivity index (χ3n) is 1.10. The van der Waals surface area contributed by atoms with Gasteiger partial charge in [0.05, 0.1) is 31.3 Å². The Balaban J connectivity index is 0. The molecule has 0 aromatic heterocycles. The number of amides is 1. The first-order chi connectivity index (χ1) is 6.83. The van der Waals surface area contributed by atoms with E-state index in [1.165, 1.54) is 0 Å². The molecule has 0 aliphatic rings. The summed E-state index contributed by atoms with van der Waals surface area (Å²) in [5.41, 5.74) is 0.554. The van der Waals surface area contributed by atoms with Gasteiger partial charge in [-0.05, 0) is 6.92 Å². The van der Waals surface area contributed by atoms with Crippen molar-refractivity contribution in [1.82, 2.24) is 5.32 Å². The van der Waals surface area contributed by atoms with Gasteiger partial charge in [0.2, 0.25) is 0 Å². The maximum Gasteiger partial charge on any atom is 0.250 e. The van der Waals surface area contributed by atoms with Crippen molar-refractivity contribution in [3.63, 3.8) is 0 Å². The van der Waals surface area contributed by atoms with Crippen LogP contribution in [0.3, 0.4) is 0 Å². The summed E-state index contributed by atoms with van der Waals surface area (Å²) in [4.78, 5) is 11.0. The Hall–Kier alpha value is -0.920. The Morgan fingerprint density at radius 3 is 1.88 bits per heavy atom. The quantitative estimate of drug-likeness (QED) is 0.318. The molecule has 0 saturated carbocycles. The van der Waals surface area contributed by atoms with Crippen molar-refractivity contribution in [2.45, 2.75) is 6.92 Å². The Bertz CT molecular complexity index is 333. The lowest BCUT2D eigenvalue weighted by Gasteiger charge is -2.23. The van der Waals surface area contributed by atoms with E-state index in [4.69, 9.17) is 13.0 Å². The molecule has 0 spiro atoms. The summed E-state index contributed by atoms with van der Waals surface area (Å²) < 4.78 is 28.0. The van der Waals surface area contributed by atoms with E-state index < -0.39 is 10.1 Å². The van der Waals surface area contributed by atoms with Crippen molar-refractivity contribution in [2.75, 3.05) is 34.1 Å². The molecular weight excluding hydrogens is 232 g/mol. The van der Waals surface area contributed by atoms with Gasteiger partial charge < -0.3 is 14.4 Å². The highest BCUT2D eigenvalue weighted by Crippen LogP contribution is 1.89. The standard InChI is InChI=1S/C8H16N2O.CH4O3S/c1-7(2)8(11)9-6-10(3,4)5;1-5(2,3)4/h1,6H2,2-5H3;1H3,(H,2,3,4). The molecule has 0 bridgehead atoms. The van der Waals surface area contributed by atoms with Crippen molar-refractivity contribution in [3.05, 3.63) is 12.2 Å². The van der Waals surface area contributed by atoms with Crippen LogP contribution in [-0.2, 0) is 14.9 Å². The molecule has 96 valence electrons. The summed E-state index contributed by atoms with van der Waals surface area (Å²) in [6, 6.07) is 0. The van der Waals surface area contributed by atoms with Crippen molar-refractivity contribution < 1.29 is 22.2 Å². The molecule has 6 nitrogen and oxygen atoms in total. The summed E-state index contributed by atoms with van der Waals surface area (Å²) in [5, 5.41) is 2.76. The molecule has 0 aliphatic carbocycles. The number of carbonyl (C=O) groups excluding carboxylic acids is 1. The van der Waals surface area contributed by atoms with Crippen LogP contribution in [0, 0.1) is 0 Å². The topological polar surface area (TPSA) is 86.3 Å². The van der Waals surface area contributed by atoms with Crippen LogP contribution in [0.1, 0.15) is 6.92 Å². The first-order valence-corrected chi connectivity index (χ1v) is 6.29. The largest absolute Gasteiger partial charge is 0.748 e. The lowest BCUT2D eigenvalue weighted by atomic mass is 10.3. The highest BCUT2D eigenvalue weighted by atomic mass is 32.2. The second-order valence-electron chi connectivity index (χ2n) is 4.44. The van der Waals surface area contributed by atoms with Crippen LogP contribution in [0.2, 0.25) is 0 Å². The summed E-state index contributed by atoms with van der Waals surface area (Å²) >= 11 is 0. The summed E-state index contributed by atoms with van der Waals surface area (Å²) in [6.07, 6.45) is 0.604. The van der Waals surface area contributed by atoms with Crippen LogP contribution in [-0.4, -0.2) is 57.4 Å². The molecule has 16 heavy (non-hydrogen) atoms. The van der Waals surface area contributed by atoms with Gasteiger partial charge in [-0.25, -0.2) is 8.42 Å². The van der Waals surface area contributed by atoms with E-state index in [1.807, 2.05) is 21.1 Å². The fraction of sp³-hybridized carbons (Fsp3) is 0.667. The summed E-state index contributed by atoms with van der Waals surface area (Å²) in [5.74, 6) is -0.0712. The van der Waals surface area contributed by atoms with Gasteiger partial charge in [-0.3, -0.25) is 4.79 Å². The lowest BCUT2D eigenvalue weighted by Crippen LogP contribution is -2.45. The zero-order valence-corrected chi connectivity index (χ0v) is 11.2. The third kappa shape index (κ3) is 23.2. The van der Waals surface area contributed by atoms with E-state index in [9.17, 15) is 4.79 Å². The maximum atomic E-state index is 11.0. The van der Waals surface area contributed by atoms with Gasteiger partial charge in [0.1, 0.15) is 0 Å². The van der Waals surface area contributed by atoms with E-state index in [0.29, 0.717) is 18.5 Å². The number of hydrogen-bond acceptors (Lipinski definition) is 4. The molecule has 0 atom stereocenters. The lowest BCUT2D eigenvalue weighted by molar-refractivity contribution is -0.872. The molecule has 0 radical (unpaired) electrons. The Kier molecular flexibility index (Phi) is 7.23. The number of hydrogen-bond donors (Lipinski definition) is 1. The minimum atomic E-state index is -3.92. The van der Waals surface area contributed by atoms with Crippen LogP contribution in [0.4, 0.5) is 0 Å². The first-order valence-electron chi connectivity index (χ1n) is 4.48. The molecule has 0 aromatic carbocycles. The monoisotopic (exact) mass is 252 g/mol.